The van der Waals surface area contributed by atoms with Crippen LogP contribution in [0.25, 0.3) is 0 Å². The summed E-state index contributed by atoms with van der Waals surface area (Å²) in [5.74, 6) is 3.89. The van der Waals surface area contributed by atoms with E-state index in [1.807, 2.05) is 49.4 Å². The Labute approximate surface area is 162 Å². The first-order chi connectivity index (χ1) is 13.6. The Hall–Kier alpha value is -3.68. The van der Waals surface area contributed by atoms with Gasteiger partial charge in [-0.3, -0.25) is 0 Å². The monoisotopic (exact) mass is 380 g/mol. The molecule has 1 aromatic heterocycles. The zero-order chi connectivity index (χ0) is 19.5. The summed E-state index contributed by atoms with van der Waals surface area (Å²) in [7, 11) is 3.22. The molecule has 8 nitrogen and oxygen atoms in total. The van der Waals surface area contributed by atoms with Gasteiger partial charge in [0.25, 0.3) is 0 Å². The molecule has 0 aliphatic carbocycles. The van der Waals surface area contributed by atoms with E-state index in [0.29, 0.717) is 29.0 Å². The van der Waals surface area contributed by atoms with E-state index in [2.05, 4.69) is 20.6 Å². The number of hydrogen-bond donors (Lipinski definition) is 2. The molecule has 4 rings (SSSR count). The second kappa shape index (κ2) is 7.51. The predicted molar refractivity (Wildman–Crippen MR) is 105 cm³/mol. The van der Waals surface area contributed by atoms with Crippen LogP contribution >= 0.6 is 0 Å². The molecule has 0 amide bonds. The van der Waals surface area contributed by atoms with Crippen LogP contribution in [0.15, 0.2) is 42.5 Å². The van der Waals surface area contributed by atoms with Crippen molar-refractivity contribution in [3.8, 4) is 23.0 Å². The topological polar surface area (TPSA) is 86.8 Å². The molecule has 0 fully saturated rings. The predicted octanol–water partition coefficient (Wildman–Crippen LogP) is 4.02. The van der Waals surface area contributed by atoms with Gasteiger partial charge in [-0.15, -0.1) is 0 Å². The van der Waals surface area contributed by atoms with E-state index in [-0.39, 0.29) is 6.79 Å². The third-order valence-electron chi connectivity index (χ3n) is 4.15. The minimum Gasteiger partial charge on any atom is -0.497 e. The van der Waals surface area contributed by atoms with E-state index < -0.39 is 0 Å². The molecule has 144 valence electrons. The lowest BCUT2D eigenvalue weighted by Gasteiger charge is -2.13. The van der Waals surface area contributed by atoms with Crippen molar-refractivity contribution in [3.63, 3.8) is 0 Å². The maximum atomic E-state index is 5.43. The van der Waals surface area contributed by atoms with Gasteiger partial charge in [0.2, 0.25) is 12.7 Å². The van der Waals surface area contributed by atoms with Crippen molar-refractivity contribution < 1.29 is 18.9 Å². The Morgan fingerprint density at radius 2 is 1.75 bits per heavy atom. The van der Waals surface area contributed by atoms with Gasteiger partial charge in [-0.25, -0.2) is 4.98 Å². The van der Waals surface area contributed by atoms with Gasteiger partial charge < -0.3 is 29.6 Å². The Morgan fingerprint density at radius 3 is 2.57 bits per heavy atom. The lowest BCUT2D eigenvalue weighted by molar-refractivity contribution is 0.174. The first kappa shape index (κ1) is 17.7. The number of fused-ring (bicyclic) bond motifs is 1. The van der Waals surface area contributed by atoms with Crippen LogP contribution in [0, 0.1) is 6.92 Å². The highest BCUT2D eigenvalue weighted by Gasteiger charge is 2.14. The van der Waals surface area contributed by atoms with E-state index in [4.69, 9.17) is 18.9 Å². The molecule has 0 atom stereocenters. The zero-order valence-electron chi connectivity index (χ0n) is 15.8. The number of hydrogen-bond acceptors (Lipinski definition) is 8. The highest BCUT2D eigenvalue weighted by molar-refractivity contribution is 5.67. The van der Waals surface area contributed by atoms with E-state index in [1.54, 1.807) is 14.2 Å². The third-order valence-corrected chi connectivity index (χ3v) is 4.15. The number of nitrogens with zero attached hydrogens (tertiary/aromatic N) is 2. The Kier molecular flexibility index (Phi) is 4.76. The van der Waals surface area contributed by atoms with Crippen molar-refractivity contribution in [2.75, 3.05) is 31.6 Å². The summed E-state index contributed by atoms with van der Waals surface area (Å²) in [6.07, 6.45) is 0. The van der Waals surface area contributed by atoms with Gasteiger partial charge in [0.05, 0.1) is 19.9 Å². The van der Waals surface area contributed by atoms with Crippen LogP contribution in [0.4, 0.5) is 23.1 Å². The van der Waals surface area contributed by atoms with Crippen molar-refractivity contribution in [1.82, 2.24) is 9.97 Å². The van der Waals surface area contributed by atoms with Gasteiger partial charge in [0, 0.05) is 29.6 Å². The smallest absolute Gasteiger partial charge is 0.231 e. The highest BCUT2D eigenvalue weighted by atomic mass is 16.7. The lowest BCUT2D eigenvalue weighted by atomic mass is 10.2. The molecule has 8 heteroatoms. The molecule has 1 aliphatic heterocycles. The van der Waals surface area contributed by atoms with Crippen molar-refractivity contribution in [1.29, 1.82) is 0 Å². The molecule has 2 aromatic carbocycles. The molecule has 2 heterocycles. The van der Waals surface area contributed by atoms with Gasteiger partial charge in [-0.1, -0.05) is 0 Å². The van der Waals surface area contributed by atoms with E-state index in [0.717, 1.165) is 22.8 Å². The molecular formula is C20H20N4O4. The summed E-state index contributed by atoms with van der Waals surface area (Å²) >= 11 is 0. The average molecular weight is 380 g/mol. The van der Waals surface area contributed by atoms with Crippen LogP contribution in [0.5, 0.6) is 23.0 Å². The van der Waals surface area contributed by atoms with Gasteiger partial charge in [0.15, 0.2) is 11.5 Å². The molecule has 0 saturated carbocycles. The quantitative estimate of drug-likeness (QED) is 0.663. The molecule has 28 heavy (non-hydrogen) atoms. The van der Waals surface area contributed by atoms with Gasteiger partial charge in [-0.2, -0.15) is 4.98 Å². The lowest BCUT2D eigenvalue weighted by Crippen LogP contribution is -2.03. The van der Waals surface area contributed by atoms with Crippen molar-refractivity contribution in [3.05, 3.63) is 48.2 Å². The summed E-state index contributed by atoms with van der Waals surface area (Å²) in [6.45, 7) is 2.14. The standard InChI is InChI=1S/C20H20N4O4/c1-12-8-19(23-15-6-5-14(25-2)10-17(15)26-3)24-20(21-12)22-13-4-7-16-18(9-13)28-11-27-16/h4-10H,11H2,1-3H3,(H2,21,22,23,24). The fraction of sp³-hybridized carbons (Fsp3) is 0.200. The van der Waals surface area contributed by atoms with E-state index >= 15 is 0 Å². The van der Waals surface area contributed by atoms with Crippen LogP contribution in [0.1, 0.15) is 5.69 Å². The number of rotatable bonds is 6. The van der Waals surface area contributed by atoms with Crippen LogP contribution in [0.3, 0.4) is 0 Å². The van der Waals surface area contributed by atoms with Crippen molar-refractivity contribution in [2.45, 2.75) is 6.92 Å². The molecule has 3 aromatic rings. The first-order valence-corrected chi connectivity index (χ1v) is 8.66. The van der Waals surface area contributed by atoms with E-state index in [9.17, 15) is 0 Å². The average Bonchev–Trinajstić information content (AvgIpc) is 3.15. The summed E-state index contributed by atoms with van der Waals surface area (Å²) < 4.78 is 21.4. The normalized spacial score (nSPS) is 11.8. The van der Waals surface area contributed by atoms with Crippen LogP contribution < -0.4 is 29.6 Å². The molecule has 0 unspecified atom stereocenters. The van der Waals surface area contributed by atoms with Gasteiger partial charge in [-0.05, 0) is 31.2 Å². The Morgan fingerprint density at radius 1 is 0.893 bits per heavy atom. The molecule has 0 radical (unpaired) electrons. The summed E-state index contributed by atoms with van der Waals surface area (Å²) in [4.78, 5) is 8.99. The molecule has 2 N–H and O–H groups in total. The number of methoxy groups -OCH3 is 2. The number of anilines is 4. The van der Waals surface area contributed by atoms with Crippen LogP contribution in [-0.4, -0.2) is 31.0 Å². The fourth-order valence-corrected chi connectivity index (χ4v) is 2.83. The second-order valence-corrected chi connectivity index (χ2v) is 6.10. The number of benzene rings is 2. The molecular weight excluding hydrogens is 360 g/mol. The largest absolute Gasteiger partial charge is 0.497 e. The SMILES string of the molecule is COc1ccc(Nc2cc(C)nc(Nc3ccc4c(c3)OCO4)n2)c(OC)c1. The minimum absolute atomic E-state index is 0.234. The van der Waals surface area contributed by atoms with Crippen LogP contribution in [0.2, 0.25) is 0 Å². The number of nitrogens with one attached hydrogen (secondary N) is 2. The molecule has 0 spiro atoms. The molecule has 0 bridgehead atoms. The zero-order valence-corrected chi connectivity index (χ0v) is 15.8. The fourth-order valence-electron chi connectivity index (χ4n) is 2.83. The number of aromatic nitrogens is 2. The minimum atomic E-state index is 0.234. The van der Waals surface area contributed by atoms with Gasteiger partial charge in [0.1, 0.15) is 17.3 Å². The maximum absolute atomic E-state index is 5.43. The van der Waals surface area contributed by atoms with Gasteiger partial charge >= 0.3 is 0 Å². The maximum Gasteiger partial charge on any atom is 0.231 e. The van der Waals surface area contributed by atoms with Crippen LogP contribution in [-0.2, 0) is 0 Å². The molecule has 0 saturated heterocycles. The summed E-state index contributed by atoms with van der Waals surface area (Å²) in [5.41, 5.74) is 2.39. The first-order valence-electron chi connectivity index (χ1n) is 8.66. The van der Waals surface area contributed by atoms with E-state index in [1.165, 1.54) is 0 Å². The van der Waals surface area contributed by atoms with Crippen molar-refractivity contribution >= 4 is 23.1 Å². The molecule has 1 aliphatic rings. The summed E-state index contributed by atoms with van der Waals surface area (Å²) in [6, 6.07) is 13.0. The Bertz CT molecular complexity index is 1010. The Balaban J connectivity index is 1.57. The highest BCUT2D eigenvalue weighted by Crippen LogP contribution is 2.35. The number of aryl methyl sites for hydroxylation is 1. The number of ether oxygens (including phenoxy) is 4. The van der Waals surface area contributed by atoms with Crippen molar-refractivity contribution in [2.24, 2.45) is 0 Å². The third kappa shape index (κ3) is 3.71. The second-order valence-electron chi connectivity index (χ2n) is 6.10. The summed E-state index contributed by atoms with van der Waals surface area (Å²) in [5, 5.41) is 6.47.